The van der Waals surface area contributed by atoms with Gasteiger partial charge in [-0.15, -0.1) is 0 Å². The molecule has 3 heteroatoms. The second kappa shape index (κ2) is 6.40. The van der Waals surface area contributed by atoms with E-state index in [1.807, 2.05) is 0 Å². The maximum Gasteiger partial charge on any atom is 0.0467 e. The largest absolute Gasteiger partial charge is 0.385 e. The van der Waals surface area contributed by atoms with Crippen LogP contribution in [0.4, 0.5) is 5.69 Å². The van der Waals surface area contributed by atoms with E-state index < -0.39 is 0 Å². The summed E-state index contributed by atoms with van der Waals surface area (Å²) in [4.78, 5) is 0. The van der Waals surface area contributed by atoms with Crippen molar-refractivity contribution >= 4 is 5.69 Å². The molecule has 0 atom stereocenters. The molecule has 1 heterocycles. The van der Waals surface area contributed by atoms with E-state index in [1.165, 1.54) is 16.8 Å². The zero-order chi connectivity index (χ0) is 13.7. The van der Waals surface area contributed by atoms with Gasteiger partial charge in [-0.2, -0.15) is 0 Å². The van der Waals surface area contributed by atoms with Crippen molar-refractivity contribution in [1.82, 2.24) is 5.32 Å². The molecule has 1 aliphatic heterocycles. The molecule has 0 spiro atoms. The van der Waals surface area contributed by atoms with Crippen LogP contribution in [0.2, 0.25) is 0 Å². The zero-order valence-corrected chi connectivity index (χ0v) is 12.4. The van der Waals surface area contributed by atoms with Crippen LogP contribution >= 0.6 is 0 Å². The Hall–Kier alpha value is -1.06. The Balaban J connectivity index is 1.79. The van der Waals surface area contributed by atoms with Crippen molar-refractivity contribution in [3.8, 4) is 0 Å². The molecule has 0 fully saturated rings. The minimum Gasteiger partial charge on any atom is -0.385 e. The quantitative estimate of drug-likeness (QED) is 0.793. The van der Waals surface area contributed by atoms with E-state index >= 15 is 0 Å². The van der Waals surface area contributed by atoms with Gasteiger partial charge in [0.1, 0.15) is 0 Å². The summed E-state index contributed by atoms with van der Waals surface area (Å²) in [7, 11) is 1.77. The number of nitrogens with one attached hydrogen (secondary N) is 2. The fraction of sp³-hybridized carbons (Fsp3) is 0.625. The van der Waals surface area contributed by atoms with Crippen molar-refractivity contribution in [1.29, 1.82) is 0 Å². The SMILES string of the molecule is COCCC(C)(C)CNCc1ccc2c(c1)CCN2. The third-order valence-corrected chi connectivity index (χ3v) is 3.80. The Morgan fingerprint density at radius 1 is 1.37 bits per heavy atom. The molecular weight excluding hydrogens is 236 g/mol. The number of fused-ring (bicyclic) bond motifs is 1. The number of rotatable bonds is 7. The van der Waals surface area contributed by atoms with Crippen LogP contribution in [0.25, 0.3) is 0 Å². The number of methoxy groups -OCH3 is 1. The van der Waals surface area contributed by atoms with Crippen LogP contribution in [-0.4, -0.2) is 26.8 Å². The van der Waals surface area contributed by atoms with Crippen molar-refractivity contribution in [3.05, 3.63) is 29.3 Å². The van der Waals surface area contributed by atoms with Gasteiger partial charge in [0.05, 0.1) is 0 Å². The highest BCUT2D eigenvalue weighted by atomic mass is 16.5. The molecule has 0 amide bonds. The molecule has 0 radical (unpaired) electrons. The number of ether oxygens (including phenoxy) is 1. The fourth-order valence-electron chi connectivity index (χ4n) is 2.48. The lowest BCUT2D eigenvalue weighted by Gasteiger charge is -2.24. The van der Waals surface area contributed by atoms with E-state index in [0.717, 1.165) is 39.1 Å². The molecule has 0 aliphatic carbocycles. The van der Waals surface area contributed by atoms with Gasteiger partial charge in [0, 0.05) is 39.0 Å². The molecule has 106 valence electrons. The second-order valence-corrected chi connectivity index (χ2v) is 6.18. The molecule has 0 saturated heterocycles. The Morgan fingerprint density at radius 2 is 2.21 bits per heavy atom. The van der Waals surface area contributed by atoms with Crippen molar-refractivity contribution in [2.24, 2.45) is 5.41 Å². The molecule has 2 rings (SSSR count). The van der Waals surface area contributed by atoms with Gasteiger partial charge in [0.2, 0.25) is 0 Å². The van der Waals surface area contributed by atoms with E-state index in [1.54, 1.807) is 7.11 Å². The van der Waals surface area contributed by atoms with Crippen molar-refractivity contribution in [2.75, 3.05) is 32.1 Å². The van der Waals surface area contributed by atoms with Gasteiger partial charge in [-0.05, 0) is 35.4 Å². The lowest BCUT2D eigenvalue weighted by Crippen LogP contribution is -2.30. The number of hydrogen-bond acceptors (Lipinski definition) is 3. The van der Waals surface area contributed by atoms with Gasteiger partial charge in [-0.25, -0.2) is 0 Å². The second-order valence-electron chi connectivity index (χ2n) is 6.18. The minimum atomic E-state index is 0.286. The smallest absolute Gasteiger partial charge is 0.0467 e. The fourth-order valence-corrected chi connectivity index (χ4v) is 2.48. The maximum atomic E-state index is 5.16. The summed E-state index contributed by atoms with van der Waals surface area (Å²) in [5.74, 6) is 0. The van der Waals surface area contributed by atoms with Gasteiger partial charge in [-0.3, -0.25) is 0 Å². The first kappa shape index (κ1) is 14.4. The zero-order valence-electron chi connectivity index (χ0n) is 12.4. The molecule has 19 heavy (non-hydrogen) atoms. The van der Waals surface area contributed by atoms with Crippen LogP contribution in [0.3, 0.4) is 0 Å². The van der Waals surface area contributed by atoms with Gasteiger partial charge < -0.3 is 15.4 Å². The predicted octanol–water partition coefficient (Wildman–Crippen LogP) is 2.81. The van der Waals surface area contributed by atoms with E-state index in [0.29, 0.717) is 0 Å². The molecule has 1 aliphatic rings. The normalized spacial score (nSPS) is 14.3. The summed E-state index contributed by atoms with van der Waals surface area (Å²) >= 11 is 0. The van der Waals surface area contributed by atoms with E-state index in [-0.39, 0.29) is 5.41 Å². The Morgan fingerprint density at radius 3 is 3.00 bits per heavy atom. The van der Waals surface area contributed by atoms with Crippen LogP contribution in [-0.2, 0) is 17.7 Å². The Labute approximate surface area is 116 Å². The lowest BCUT2D eigenvalue weighted by molar-refractivity contribution is 0.150. The average Bonchev–Trinajstić information content (AvgIpc) is 2.83. The van der Waals surface area contributed by atoms with Gasteiger partial charge in [-0.1, -0.05) is 26.0 Å². The van der Waals surface area contributed by atoms with Crippen LogP contribution in [0, 0.1) is 5.41 Å². The summed E-state index contributed by atoms with van der Waals surface area (Å²) in [5, 5.41) is 6.96. The van der Waals surface area contributed by atoms with Crippen LogP contribution in [0.1, 0.15) is 31.4 Å². The maximum absolute atomic E-state index is 5.16. The van der Waals surface area contributed by atoms with Crippen molar-refractivity contribution < 1.29 is 4.74 Å². The topological polar surface area (TPSA) is 33.3 Å². The summed E-state index contributed by atoms with van der Waals surface area (Å²) < 4.78 is 5.16. The van der Waals surface area contributed by atoms with Gasteiger partial charge in [0.25, 0.3) is 0 Å². The van der Waals surface area contributed by atoms with Crippen molar-refractivity contribution in [2.45, 2.75) is 33.2 Å². The van der Waals surface area contributed by atoms with Crippen LogP contribution < -0.4 is 10.6 Å². The molecule has 0 saturated carbocycles. The predicted molar refractivity (Wildman–Crippen MR) is 80.6 cm³/mol. The summed E-state index contributed by atoms with van der Waals surface area (Å²) in [6.07, 6.45) is 2.24. The average molecular weight is 262 g/mol. The number of benzene rings is 1. The molecule has 0 bridgehead atoms. The molecule has 3 nitrogen and oxygen atoms in total. The van der Waals surface area contributed by atoms with Gasteiger partial charge >= 0.3 is 0 Å². The first-order valence-electron chi connectivity index (χ1n) is 7.16. The first-order chi connectivity index (χ1) is 9.11. The standard InChI is InChI=1S/C16H26N2O/c1-16(2,7-9-19-3)12-17-11-13-4-5-15-14(10-13)6-8-18-15/h4-5,10,17-18H,6-9,11-12H2,1-3H3. The third-order valence-electron chi connectivity index (χ3n) is 3.80. The highest BCUT2D eigenvalue weighted by molar-refractivity contribution is 5.56. The highest BCUT2D eigenvalue weighted by Gasteiger charge is 2.17. The highest BCUT2D eigenvalue weighted by Crippen LogP contribution is 2.23. The number of anilines is 1. The molecule has 0 aromatic heterocycles. The minimum absolute atomic E-state index is 0.286. The molecule has 1 aromatic carbocycles. The molecule has 2 N–H and O–H groups in total. The Bertz CT molecular complexity index is 415. The summed E-state index contributed by atoms with van der Waals surface area (Å²) in [5.41, 5.74) is 4.43. The third kappa shape index (κ3) is 4.22. The van der Waals surface area contributed by atoms with Crippen LogP contribution in [0.15, 0.2) is 18.2 Å². The van der Waals surface area contributed by atoms with Gasteiger partial charge in [0.15, 0.2) is 0 Å². The van der Waals surface area contributed by atoms with E-state index in [4.69, 9.17) is 4.74 Å². The summed E-state index contributed by atoms with van der Waals surface area (Å²) in [6, 6.07) is 6.74. The first-order valence-corrected chi connectivity index (χ1v) is 7.16. The lowest BCUT2D eigenvalue weighted by atomic mass is 9.89. The van der Waals surface area contributed by atoms with Crippen LogP contribution in [0.5, 0.6) is 0 Å². The molecular formula is C16H26N2O. The monoisotopic (exact) mass is 262 g/mol. The van der Waals surface area contributed by atoms with Crippen molar-refractivity contribution in [3.63, 3.8) is 0 Å². The summed E-state index contributed by atoms with van der Waals surface area (Å²) in [6.45, 7) is 8.45. The Kier molecular flexibility index (Phi) is 4.83. The van der Waals surface area contributed by atoms with E-state index in [9.17, 15) is 0 Å². The number of hydrogen-bond donors (Lipinski definition) is 2. The van der Waals surface area contributed by atoms with E-state index in [2.05, 4.69) is 42.7 Å². The molecule has 1 aromatic rings. The molecule has 0 unspecified atom stereocenters.